The van der Waals surface area contributed by atoms with Crippen LogP contribution in [0.2, 0.25) is 0 Å². The van der Waals surface area contributed by atoms with E-state index in [4.69, 9.17) is 14.4 Å². The van der Waals surface area contributed by atoms with Gasteiger partial charge in [0.2, 0.25) is 5.95 Å². The van der Waals surface area contributed by atoms with Crippen molar-refractivity contribution < 1.29 is 9.52 Å². The Balaban J connectivity index is 1.38. The summed E-state index contributed by atoms with van der Waals surface area (Å²) in [6, 6.07) is 3.05. The second-order valence-electron chi connectivity index (χ2n) is 7.96. The molecule has 3 aliphatic rings. The van der Waals surface area contributed by atoms with Gasteiger partial charge >= 0.3 is 0 Å². The molecule has 1 N–H and O–H groups in total. The number of rotatable bonds is 4. The number of aliphatic hydroxyl groups is 1. The predicted molar refractivity (Wildman–Crippen MR) is 97.8 cm³/mol. The first-order valence-corrected chi connectivity index (χ1v) is 9.80. The molecule has 5 heterocycles. The zero-order valence-corrected chi connectivity index (χ0v) is 15.0. The fourth-order valence-electron chi connectivity index (χ4n) is 4.95. The molecular formula is C20H26N4O2. The van der Waals surface area contributed by atoms with Crippen LogP contribution in [0.15, 0.2) is 29.2 Å². The second-order valence-corrected chi connectivity index (χ2v) is 7.96. The molecule has 0 amide bonds. The van der Waals surface area contributed by atoms with Crippen LogP contribution in [0.5, 0.6) is 0 Å². The van der Waals surface area contributed by atoms with E-state index in [0.29, 0.717) is 18.0 Å². The first kappa shape index (κ1) is 16.3. The van der Waals surface area contributed by atoms with Crippen molar-refractivity contribution in [3.8, 4) is 0 Å². The Hall–Kier alpha value is -1.92. The maximum Gasteiger partial charge on any atom is 0.225 e. The molecule has 3 aliphatic heterocycles. The number of furan rings is 1. The fourth-order valence-corrected chi connectivity index (χ4v) is 4.95. The van der Waals surface area contributed by atoms with Crippen LogP contribution in [-0.2, 0) is 13.0 Å². The van der Waals surface area contributed by atoms with E-state index in [1.807, 2.05) is 6.26 Å². The van der Waals surface area contributed by atoms with Gasteiger partial charge in [0.15, 0.2) is 0 Å². The highest BCUT2D eigenvalue weighted by atomic mass is 16.3. The lowest BCUT2D eigenvalue weighted by atomic mass is 9.98. The van der Waals surface area contributed by atoms with Crippen molar-refractivity contribution in [2.75, 3.05) is 24.6 Å². The van der Waals surface area contributed by atoms with E-state index < -0.39 is 0 Å². The highest BCUT2D eigenvalue weighted by Gasteiger charge is 2.41. The van der Waals surface area contributed by atoms with E-state index in [-0.39, 0.29) is 6.61 Å². The molecule has 0 spiro atoms. The lowest BCUT2D eigenvalue weighted by Crippen LogP contribution is -2.40. The van der Waals surface area contributed by atoms with Crippen molar-refractivity contribution in [2.24, 2.45) is 5.92 Å². The standard InChI is InChI=1S/C20H26N4O2/c25-12-14-2-1-6-23(10-14)20-21-9-17-18(22-20)8-16-3-4-19(17)24(16)11-15-5-7-26-13-15/h5,7,9,13-14,16,19,25H,1-4,6,8,10-12H2/t14-,16+,19+/m0/s1. The highest BCUT2D eigenvalue weighted by molar-refractivity contribution is 5.37. The number of aromatic nitrogens is 2. The first-order chi connectivity index (χ1) is 12.8. The van der Waals surface area contributed by atoms with Crippen LogP contribution < -0.4 is 4.90 Å². The summed E-state index contributed by atoms with van der Waals surface area (Å²) in [5, 5.41) is 9.48. The minimum absolute atomic E-state index is 0.258. The van der Waals surface area contributed by atoms with Crippen LogP contribution in [0.25, 0.3) is 0 Å². The SMILES string of the molecule is OC[C@H]1CCCN(c2ncc3c(n2)C[C@H]2CC[C@H]3N2Cc2ccoc2)C1. The Morgan fingerprint density at radius 3 is 3.08 bits per heavy atom. The summed E-state index contributed by atoms with van der Waals surface area (Å²) >= 11 is 0. The molecule has 26 heavy (non-hydrogen) atoms. The van der Waals surface area contributed by atoms with Crippen molar-refractivity contribution in [1.29, 1.82) is 0 Å². The lowest BCUT2D eigenvalue weighted by molar-refractivity contribution is 0.165. The molecule has 2 aromatic rings. The molecule has 2 bridgehead atoms. The van der Waals surface area contributed by atoms with Gasteiger partial charge in [0.05, 0.1) is 18.2 Å². The third kappa shape index (κ3) is 2.81. The van der Waals surface area contributed by atoms with Crippen molar-refractivity contribution in [3.05, 3.63) is 41.6 Å². The van der Waals surface area contributed by atoms with E-state index in [9.17, 15) is 5.11 Å². The largest absolute Gasteiger partial charge is 0.472 e. The van der Waals surface area contributed by atoms with Gasteiger partial charge in [-0.05, 0) is 37.7 Å². The Kier molecular flexibility index (Phi) is 4.17. The van der Waals surface area contributed by atoms with Crippen molar-refractivity contribution in [2.45, 2.75) is 50.7 Å². The molecule has 2 fully saturated rings. The first-order valence-electron chi connectivity index (χ1n) is 9.80. The molecule has 3 atom stereocenters. The monoisotopic (exact) mass is 354 g/mol. The third-order valence-electron chi connectivity index (χ3n) is 6.32. The summed E-state index contributed by atoms with van der Waals surface area (Å²) in [6.07, 6.45) is 11.3. The summed E-state index contributed by atoms with van der Waals surface area (Å²) in [7, 11) is 0. The second kappa shape index (κ2) is 6.67. The minimum atomic E-state index is 0.258. The molecule has 0 radical (unpaired) electrons. The Morgan fingerprint density at radius 2 is 2.23 bits per heavy atom. The molecule has 6 heteroatoms. The number of nitrogens with zero attached hydrogens (tertiary/aromatic N) is 4. The van der Waals surface area contributed by atoms with E-state index in [1.54, 1.807) is 6.26 Å². The molecule has 2 aromatic heterocycles. The summed E-state index contributed by atoms with van der Waals surface area (Å²) in [5.41, 5.74) is 3.78. The molecule has 2 saturated heterocycles. The zero-order valence-electron chi connectivity index (χ0n) is 15.0. The molecule has 138 valence electrons. The topological polar surface area (TPSA) is 65.6 Å². The molecule has 0 aromatic carbocycles. The quantitative estimate of drug-likeness (QED) is 0.910. The van der Waals surface area contributed by atoms with E-state index in [2.05, 4.69) is 22.1 Å². The van der Waals surface area contributed by atoms with Crippen molar-refractivity contribution in [1.82, 2.24) is 14.9 Å². The van der Waals surface area contributed by atoms with Crippen LogP contribution in [0.4, 0.5) is 5.95 Å². The Bertz CT molecular complexity index is 763. The number of piperidine rings is 1. The van der Waals surface area contributed by atoms with Crippen LogP contribution in [0.1, 0.15) is 48.5 Å². The average Bonchev–Trinajstić information content (AvgIpc) is 3.29. The highest BCUT2D eigenvalue weighted by Crippen LogP contribution is 2.44. The Labute approximate surface area is 153 Å². The minimum Gasteiger partial charge on any atom is -0.472 e. The molecule has 6 nitrogen and oxygen atoms in total. The van der Waals surface area contributed by atoms with Gasteiger partial charge in [-0.1, -0.05) is 0 Å². The van der Waals surface area contributed by atoms with Gasteiger partial charge in [0.25, 0.3) is 0 Å². The number of anilines is 1. The zero-order chi connectivity index (χ0) is 17.5. The summed E-state index contributed by atoms with van der Waals surface area (Å²) < 4.78 is 5.24. The number of aliphatic hydroxyl groups excluding tert-OH is 1. The number of hydrogen-bond donors (Lipinski definition) is 1. The molecule has 5 rings (SSSR count). The average molecular weight is 354 g/mol. The van der Waals surface area contributed by atoms with E-state index in [1.165, 1.54) is 29.7 Å². The van der Waals surface area contributed by atoms with Gasteiger partial charge in [-0.25, -0.2) is 9.97 Å². The third-order valence-corrected chi connectivity index (χ3v) is 6.32. The van der Waals surface area contributed by atoms with Gasteiger partial charge in [-0.15, -0.1) is 0 Å². The van der Waals surface area contributed by atoms with Gasteiger partial charge < -0.3 is 14.4 Å². The smallest absolute Gasteiger partial charge is 0.225 e. The van der Waals surface area contributed by atoms with Gasteiger partial charge in [0.1, 0.15) is 0 Å². The van der Waals surface area contributed by atoms with Crippen LogP contribution in [-0.4, -0.2) is 45.7 Å². The van der Waals surface area contributed by atoms with Gasteiger partial charge in [-0.3, -0.25) is 4.90 Å². The number of fused-ring (bicyclic) bond motifs is 4. The summed E-state index contributed by atoms with van der Waals surface area (Å²) in [4.78, 5) is 14.5. The van der Waals surface area contributed by atoms with Crippen molar-refractivity contribution >= 4 is 5.95 Å². The van der Waals surface area contributed by atoms with Crippen molar-refractivity contribution in [3.63, 3.8) is 0 Å². The summed E-state index contributed by atoms with van der Waals surface area (Å²) in [5.74, 6) is 1.20. The van der Waals surface area contributed by atoms with Gasteiger partial charge in [0, 0.05) is 62.1 Å². The fraction of sp³-hybridized carbons (Fsp3) is 0.600. The predicted octanol–water partition coefficient (Wildman–Crippen LogP) is 2.54. The lowest BCUT2D eigenvalue weighted by Gasteiger charge is -2.36. The number of hydrogen-bond acceptors (Lipinski definition) is 6. The maximum absolute atomic E-state index is 9.48. The molecule has 0 unspecified atom stereocenters. The van der Waals surface area contributed by atoms with E-state index >= 15 is 0 Å². The van der Waals surface area contributed by atoms with Crippen LogP contribution in [0.3, 0.4) is 0 Å². The molecule has 0 saturated carbocycles. The van der Waals surface area contributed by atoms with Gasteiger partial charge in [-0.2, -0.15) is 0 Å². The summed E-state index contributed by atoms with van der Waals surface area (Å²) in [6.45, 7) is 3.06. The van der Waals surface area contributed by atoms with Crippen LogP contribution in [0, 0.1) is 5.92 Å². The normalized spacial score (nSPS) is 28.3. The molecule has 0 aliphatic carbocycles. The maximum atomic E-state index is 9.48. The Morgan fingerprint density at radius 1 is 1.27 bits per heavy atom. The molecular weight excluding hydrogens is 328 g/mol. The van der Waals surface area contributed by atoms with E-state index in [0.717, 1.165) is 44.8 Å². The van der Waals surface area contributed by atoms with Crippen LogP contribution >= 0.6 is 0 Å².